The Balaban J connectivity index is 1.34. The van der Waals surface area contributed by atoms with Crippen molar-refractivity contribution in [3.05, 3.63) is 53.1 Å². The van der Waals surface area contributed by atoms with Gasteiger partial charge in [0.15, 0.2) is 17.4 Å². The van der Waals surface area contributed by atoms with Gasteiger partial charge in [0.2, 0.25) is 0 Å². The molecule has 3 aliphatic heterocycles. The Morgan fingerprint density at radius 3 is 2.37 bits per heavy atom. The molecule has 2 bridgehead atoms. The van der Waals surface area contributed by atoms with Crippen molar-refractivity contribution in [2.75, 3.05) is 19.6 Å². The molecule has 7 heteroatoms. The minimum Gasteiger partial charge on any atom is -0.485 e. The minimum atomic E-state index is -0.718. The van der Waals surface area contributed by atoms with Crippen LogP contribution in [0.25, 0.3) is 11.1 Å². The Labute approximate surface area is 205 Å². The average molecular weight is 485 g/mol. The Morgan fingerprint density at radius 1 is 1.09 bits per heavy atom. The molecule has 2 atom stereocenters. The average Bonchev–Trinajstić information content (AvgIpc) is 3.05. The molecule has 0 aromatic heterocycles. The van der Waals surface area contributed by atoms with E-state index >= 15 is 0 Å². The van der Waals surface area contributed by atoms with Crippen molar-refractivity contribution in [1.29, 1.82) is 0 Å². The van der Waals surface area contributed by atoms with Gasteiger partial charge in [-0.2, -0.15) is 0 Å². The molecule has 0 spiro atoms. The normalized spacial score (nSPS) is 26.5. The van der Waals surface area contributed by atoms with Gasteiger partial charge in [0.1, 0.15) is 6.10 Å². The number of alkyl carbamates (subject to hydrolysis) is 1. The summed E-state index contributed by atoms with van der Waals surface area (Å²) in [6.07, 6.45) is 2.17. The molecule has 3 heterocycles. The zero-order chi connectivity index (χ0) is 24.9. The van der Waals surface area contributed by atoms with Crippen LogP contribution in [0.15, 0.2) is 30.3 Å². The van der Waals surface area contributed by atoms with Crippen molar-refractivity contribution in [2.24, 2.45) is 11.3 Å². The molecule has 0 radical (unpaired) electrons. The fraction of sp³-hybridized carbons (Fsp3) is 0.536. The molecular weight excluding hydrogens is 450 g/mol. The Kier molecular flexibility index (Phi) is 6.24. The fourth-order valence-corrected chi connectivity index (χ4v) is 5.92. The smallest absolute Gasteiger partial charge is 0.407 e. The van der Waals surface area contributed by atoms with Crippen molar-refractivity contribution < 1.29 is 23.0 Å². The number of halogens is 2. The van der Waals surface area contributed by atoms with Crippen LogP contribution in [0.5, 0.6) is 5.75 Å². The molecule has 1 N–H and O–H groups in total. The van der Waals surface area contributed by atoms with Gasteiger partial charge in [-0.15, -0.1) is 0 Å². The molecule has 0 saturated carbocycles. The maximum atomic E-state index is 14.6. The summed E-state index contributed by atoms with van der Waals surface area (Å²) in [5, 5.41) is 3.12. The second-order valence-corrected chi connectivity index (χ2v) is 11.2. The molecule has 3 fully saturated rings. The van der Waals surface area contributed by atoms with E-state index in [1.807, 2.05) is 18.2 Å². The number of carbonyl (C=O) groups is 1. The van der Waals surface area contributed by atoms with E-state index in [0.29, 0.717) is 11.5 Å². The first kappa shape index (κ1) is 24.0. The number of nitrogens with zero attached hydrogens (tertiary/aromatic N) is 1. The molecule has 188 valence electrons. The quantitative estimate of drug-likeness (QED) is 0.577. The number of piperidine rings is 3. The predicted octanol–water partition coefficient (Wildman–Crippen LogP) is 5.86. The van der Waals surface area contributed by atoms with E-state index in [0.717, 1.165) is 55.6 Å². The van der Waals surface area contributed by atoms with Gasteiger partial charge in [0.25, 0.3) is 0 Å². The summed E-state index contributed by atoms with van der Waals surface area (Å²) in [6.45, 7) is 10.7. The Morgan fingerprint density at radius 2 is 1.77 bits per heavy atom. The van der Waals surface area contributed by atoms with Gasteiger partial charge in [0.05, 0.1) is 12.1 Å². The lowest BCUT2D eigenvalue weighted by atomic mass is 9.85. The van der Waals surface area contributed by atoms with Crippen molar-refractivity contribution in [3.63, 3.8) is 0 Å². The monoisotopic (exact) mass is 484 g/mol. The van der Waals surface area contributed by atoms with E-state index in [1.54, 1.807) is 13.8 Å². The molecule has 35 heavy (non-hydrogen) atoms. The summed E-state index contributed by atoms with van der Waals surface area (Å²) in [6, 6.07) is 8.19. The van der Waals surface area contributed by atoms with Crippen LogP contribution in [0, 0.1) is 23.0 Å². The number of carbonyl (C=O) groups excluding carboxylic acids is 1. The van der Waals surface area contributed by atoms with Crippen LogP contribution in [-0.4, -0.2) is 42.8 Å². The number of amides is 1. The van der Waals surface area contributed by atoms with Crippen molar-refractivity contribution in [1.82, 2.24) is 10.2 Å². The van der Waals surface area contributed by atoms with Gasteiger partial charge in [-0.25, -0.2) is 13.6 Å². The third-order valence-corrected chi connectivity index (χ3v) is 7.68. The van der Waals surface area contributed by atoms with Crippen LogP contribution in [-0.2, 0) is 11.2 Å². The first-order valence-corrected chi connectivity index (χ1v) is 12.6. The van der Waals surface area contributed by atoms with Gasteiger partial charge in [0, 0.05) is 6.54 Å². The highest BCUT2D eigenvalue weighted by Crippen LogP contribution is 2.46. The highest BCUT2D eigenvalue weighted by atomic mass is 19.1. The summed E-state index contributed by atoms with van der Waals surface area (Å²) in [4.78, 5) is 15.2. The molecule has 3 saturated heterocycles. The minimum absolute atomic E-state index is 0.0451. The van der Waals surface area contributed by atoms with Gasteiger partial charge < -0.3 is 14.8 Å². The SMILES string of the molecule is CC(C)Oc1c(F)cc(-c2ccc3c(c2)CC(C)(C)[C@H]3NC(=O)O[C@H]2CN3CCC2CC3)cc1F. The lowest BCUT2D eigenvalue weighted by Crippen LogP contribution is -2.53. The number of hydrogen-bond acceptors (Lipinski definition) is 4. The topological polar surface area (TPSA) is 50.8 Å². The zero-order valence-electron chi connectivity index (χ0n) is 20.9. The summed E-state index contributed by atoms with van der Waals surface area (Å²) < 4.78 is 40.3. The number of hydrogen-bond donors (Lipinski definition) is 1. The van der Waals surface area contributed by atoms with E-state index in [4.69, 9.17) is 9.47 Å². The van der Waals surface area contributed by atoms with Crippen molar-refractivity contribution >= 4 is 6.09 Å². The van der Waals surface area contributed by atoms with Gasteiger partial charge >= 0.3 is 6.09 Å². The second kappa shape index (κ2) is 9.08. The lowest BCUT2D eigenvalue weighted by Gasteiger charge is -2.44. The van der Waals surface area contributed by atoms with Crippen molar-refractivity contribution in [2.45, 2.75) is 65.2 Å². The summed E-state index contributed by atoms with van der Waals surface area (Å²) in [5.41, 5.74) is 3.04. The maximum Gasteiger partial charge on any atom is 0.407 e. The molecule has 1 amide bonds. The molecule has 2 aromatic rings. The van der Waals surface area contributed by atoms with Crippen LogP contribution in [0.3, 0.4) is 0 Å². The molecule has 6 rings (SSSR count). The Bertz CT molecular complexity index is 1100. The predicted molar refractivity (Wildman–Crippen MR) is 130 cm³/mol. The van der Waals surface area contributed by atoms with E-state index in [9.17, 15) is 13.6 Å². The van der Waals surface area contributed by atoms with E-state index in [2.05, 4.69) is 24.1 Å². The number of nitrogens with one attached hydrogen (secondary N) is 1. The third kappa shape index (κ3) is 4.75. The van der Waals surface area contributed by atoms with Gasteiger partial charge in [-0.1, -0.05) is 32.0 Å². The molecule has 4 aliphatic rings. The first-order chi connectivity index (χ1) is 16.6. The van der Waals surface area contributed by atoms with Crippen LogP contribution in [0.4, 0.5) is 13.6 Å². The Hall–Kier alpha value is -2.67. The van der Waals surface area contributed by atoms with E-state index in [-0.39, 0.29) is 35.5 Å². The number of benzene rings is 2. The highest BCUT2D eigenvalue weighted by Gasteiger charge is 2.42. The first-order valence-electron chi connectivity index (χ1n) is 12.6. The van der Waals surface area contributed by atoms with Crippen LogP contribution >= 0.6 is 0 Å². The van der Waals surface area contributed by atoms with E-state index in [1.165, 1.54) is 12.1 Å². The van der Waals surface area contributed by atoms with Gasteiger partial charge in [-0.3, -0.25) is 4.90 Å². The fourth-order valence-electron chi connectivity index (χ4n) is 5.92. The maximum absolute atomic E-state index is 14.6. The largest absolute Gasteiger partial charge is 0.485 e. The van der Waals surface area contributed by atoms with Crippen LogP contribution in [0.1, 0.15) is 57.7 Å². The number of ether oxygens (including phenoxy) is 2. The molecule has 0 unspecified atom stereocenters. The molecule has 2 aromatic carbocycles. The van der Waals surface area contributed by atoms with Crippen LogP contribution < -0.4 is 10.1 Å². The molecular formula is C28H34F2N2O3. The lowest BCUT2D eigenvalue weighted by molar-refractivity contribution is -0.0348. The highest BCUT2D eigenvalue weighted by molar-refractivity contribution is 5.70. The number of fused-ring (bicyclic) bond motifs is 4. The third-order valence-electron chi connectivity index (χ3n) is 7.68. The van der Waals surface area contributed by atoms with E-state index < -0.39 is 11.6 Å². The van der Waals surface area contributed by atoms with Crippen LogP contribution in [0.2, 0.25) is 0 Å². The summed E-state index contributed by atoms with van der Waals surface area (Å²) in [5.74, 6) is -1.33. The van der Waals surface area contributed by atoms with Crippen molar-refractivity contribution in [3.8, 4) is 16.9 Å². The summed E-state index contributed by atoms with van der Waals surface area (Å²) in [7, 11) is 0. The zero-order valence-corrected chi connectivity index (χ0v) is 20.9. The molecule has 1 aliphatic carbocycles. The summed E-state index contributed by atoms with van der Waals surface area (Å²) >= 11 is 0. The second-order valence-electron chi connectivity index (χ2n) is 11.2. The van der Waals surface area contributed by atoms with Gasteiger partial charge in [-0.05, 0) is 91.9 Å². The molecule has 5 nitrogen and oxygen atoms in total. The standard InChI is InChI=1S/C28H34F2N2O3/c1-16(2)34-25-22(29)12-19(13-23(25)30)18-5-6-21-20(11-18)14-28(3,4)26(21)31-27(33)35-24-15-32-9-7-17(24)8-10-32/h5-6,11-13,16-17,24,26H,7-10,14-15H2,1-4H3,(H,31,33)/t24-,26-/m0/s1. The number of rotatable bonds is 5.